The van der Waals surface area contributed by atoms with Crippen LogP contribution in [0.5, 0.6) is 0 Å². The summed E-state index contributed by atoms with van der Waals surface area (Å²) in [5.41, 5.74) is 0.527. The van der Waals surface area contributed by atoms with Crippen molar-refractivity contribution in [1.82, 2.24) is 10.2 Å². The smallest absolute Gasteiger partial charge is 0.256 e. The second-order valence-electron chi connectivity index (χ2n) is 4.33. The number of hydrogen-bond donors (Lipinski definition) is 1. The highest BCUT2D eigenvalue weighted by molar-refractivity contribution is 7.20. The zero-order valence-corrected chi connectivity index (χ0v) is 12.5. The fraction of sp³-hybridized carbons (Fsp3) is 0.583. The van der Waals surface area contributed by atoms with Gasteiger partial charge in [-0.2, -0.15) is 0 Å². The van der Waals surface area contributed by atoms with Gasteiger partial charge in [0.05, 0.1) is 9.90 Å². The molecule has 1 atom stereocenters. The zero-order valence-electron chi connectivity index (χ0n) is 10.2. The van der Waals surface area contributed by atoms with Crippen LogP contribution in [-0.4, -0.2) is 36.5 Å². The minimum absolute atomic E-state index is 0.0145. The maximum Gasteiger partial charge on any atom is 0.256 e. The fourth-order valence-corrected chi connectivity index (χ4v) is 3.76. The molecule has 0 radical (unpaired) electrons. The predicted molar refractivity (Wildman–Crippen MR) is 76.9 cm³/mol. The van der Waals surface area contributed by atoms with Gasteiger partial charge in [-0.3, -0.25) is 4.79 Å². The SMILES string of the molecule is CCN(C(=O)c1cc(Cl)sc1Cl)C1CCCNC1. The van der Waals surface area contributed by atoms with Crippen molar-refractivity contribution in [2.45, 2.75) is 25.8 Å². The second kappa shape index (κ2) is 6.24. The van der Waals surface area contributed by atoms with Gasteiger partial charge >= 0.3 is 0 Å². The van der Waals surface area contributed by atoms with Gasteiger partial charge in [0.2, 0.25) is 0 Å². The maximum absolute atomic E-state index is 12.5. The van der Waals surface area contributed by atoms with Crippen molar-refractivity contribution in [3.8, 4) is 0 Å². The first-order chi connectivity index (χ1) is 8.63. The first kappa shape index (κ1) is 14.1. The molecular formula is C12H16Cl2N2OS. The van der Waals surface area contributed by atoms with Gasteiger partial charge in [0.15, 0.2) is 0 Å². The van der Waals surface area contributed by atoms with Gasteiger partial charge in [-0.15, -0.1) is 11.3 Å². The lowest BCUT2D eigenvalue weighted by atomic mass is 10.1. The van der Waals surface area contributed by atoms with Crippen LogP contribution >= 0.6 is 34.5 Å². The summed E-state index contributed by atoms with van der Waals surface area (Å²) >= 11 is 13.2. The molecule has 0 aromatic carbocycles. The Hall–Kier alpha value is -0.290. The number of hydrogen-bond acceptors (Lipinski definition) is 3. The summed E-state index contributed by atoms with van der Waals surface area (Å²) in [6.07, 6.45) is 2.15. The molecule has 18 heavy (non-hydrogen) atoms. The third-order valence-corrected chi connectivity index (χ3v) is 4.69. The van der Waals surface area contributed by atoms with Gasteiger partial charge in [-0.25, -0.2) is 0 Å². The average molecular weight is 307 g/mol. The lowest BCUT2D eigenvalue weighted by Gasteiger charge is -2.33. The van der Waals surface area contributed by atoms with Crippen molar-refractivity contribution in [2.24, 2.45) is 0 Å². The number of nitrogens with one attached hydrogen (secondary N) is 1. The Labute approximate surface area is 121 Å². The Morgan fingerprint density at radius 1 is 1.61 bits per heavy atom. The van der Waals surface area contributed by atoms with Crippen LogP contribution in [0.25, 0.3) is 0 Å². The summed E-state index contributed by atoms with van der Waals surface area (Å²) in [5, 5.41) is 3.33. The molecule has 1 fully saturated rings. The summed E-state index contributed by atoms with van der Waals surface area (Å²) in [5.74, 6) is -0.0145. The van der Waals surface area contributed by atoms with Crippen LogP contribution in [0.4, 0.5) is 0 Å². The Kier molecular flexibility index (Phi) is 4.90. The molecule has 6 heteroatoms. The van der Waals surface area contributed by atoms with Gasteiger partial charge in [-0.05, 0) is 32.4 Å². The largest absolute Gasteiger partial charge is 0.335 e. The van der Waals surface area contributed by atoms with Crippen molar-refractivity contribution in [3.63, 3.8) is 0 Å². The summed E-state index contributed by atoms with van der Waals surface area (Å²) in [7, 11) is 0. The van der Waals surface area contributed by atoms with Crippen LogP contribution in [0, 0.1) is 0 Å². The zero-order chi connectivity index (χ0) is 13.1. The second-order valence-corrected chi connectivity index (χ2v) is 6.61. The van der Waals surface area contributed by atoms with Crippen LogP contribution < -0.4 is 5.32 Å². The van der Waals surface area contributed by atoms with E-state index in [2.05, 4.69) is 5.32 Å². The van der Waals surface area contributed by atoms with Crippen molar-refractivity contribution >= 4 is 40.4 Å². The predicted octanol–water partition coefficient (Wildman–Crippen LogP) is 3.27. The Morgan fingerprint density at radius 3 is 2.89 bits per heavy atom. The third-order valence-electron chi connectivity index (χ3n) is 3.20. The molecule has 3 nitrogen and oxygen atoms in total. The van der Waals surface area contributed by atoms with Gasteiger partial charge in [0, 0.05) is 19.1 Å². The van der Waals surface area contributed by atoms with Crippen molar-refractivity contribution in [3.05, 3.63) is 20.3 Å². The molecule has 1 N–H and O–H groups in total. The van der Waals surface area contributed by atoms with E-state index in [9.17, 15) is 4.79 Å². The number of carbonyl (C=O) groups is 1. The number of amides is 1. The molecule has 100 valence electrons. The van der Waals surface area contributed by atoms with E-state index in [1.54, 1.807) is 6.07 Å². The lowest BCUT2D eigenvalue weighted by Crippen LogP contribution is -2.48. The first-order valence-electron chi connectivity index (χ1n) is 6.10. The molecule has 1 saturated heterocycles. The fourth-order valence-electron chi connectivity index (χ4n) is 2.31. The van der Waals surface area contributed by atoms with Crippen molar-refractivity contribution in [2.75, 3.05) is 19.6 Å². The molecule has 1 aromatic heterocycles. The topological polar surface area (TPSA) is 32.3 Å². The molecule has 0 saturated carbocycles. The molecule has 0 bridgehead atoms. The molecule has 2 rings (SSSR count). The minimum Gasteiger partial charge on any atom is -0.335 e. The van der Waals surface area contributed by atoms with E-state index in [-0.39, 0.29) is 11.9 Å². The summed E-state index contributed by atoms with van der Waals surface area (Å²) in [6.45, 7) is 4.58. The van der Waals surface area contributed by atoms with Crippen molar-refractivity contribution < 1.29 is 4.79 Å². The number of carbonyl (C=O) groups excluding carboxylic acids is 1. The van der Waals surface area contributed by atoms with Gasteiger partial charge in [-0.1, -0.05) is 23.2 Å². The minimum atomic E-state index is -0.0145. The molecule has 1 amide bonds. The highest BCUT2D eigenvalue weighted by atomic mass is 35.5. The van der Waals surface area contributed by atoms with Crippen LogP contribution in [0.2, 0.25) is 8.67 Å². The third kappa shape index (κ3) is 2.99. The van der Waals surface area contributed by atoms with Gasteiger partial charge < -0.3 is 10.2 Å². The number of nitrogens with zero attached hydrogens (tertiary/aromatic N) is 1. The van der Waals surface area contributed by atoms with Crippen molar-refractivity contribution in [1.29, 1.82) is 0 Å². The van der Waals surface area contributed by atoms with Gasteiger partial charge in [0.1, 0.15) is 4.34 Å². The number of likely N-dealkylation sites (N-methyl/N-ethyl adjacent to an activating group) is 1. The van der Waals surface area contributed by atoms with E-state index in [1.807, 2.05) is 11.8 Å². The van der Waals surface area contributed by atoms with E-state index >= 15 is 0 Å². The van der Waals surface area contributed by atoms with Crippen LogP contribution in [-0.2, 0) is 0 Å². The highest BCUT2D eigenvalue weighted by Crippen LogP contribution is 2.32. The van der Waals surface area contributed by atoms with Crippen LogP contribution in [0.15, 0.2) is 6.07 Å². The number of piperidine rings is 1. The molecule has 2 heterocycles. The molecule has 1 unspecified atom stereocenters. The number of thiophene rings is 1. The van der Waals surface area contributed by atoms with Crippen LogP contribution in [0.1, 0.15) is 30.1 Å². The lowest BCUT2D eigenvalue weighted by molar-refractivity contribution is 0.0663. The number of halogens is 2. The Morgan fingerprint density at radius 2 is 2.39 bits per heavy atom. The Bertz CT molecular complexity index is 430. The molecule has 0 aliphatic carbocycles. The average Bonchev–Trinajstić information content (AvgIpc) is 2.70. The summed E-state index contributed by atoms with van der Waals surface area (Å²) in [6, 6.07) is 1.92. The number of rotatable bonds is 3. The first-order valence-corrected chi connectivity index (χ1v) is 7.67. The maximum atomic E-state index is 12.5. The van der Waals surface area contributed by atoms with E-state index in [0.29, 0.717) is 20.8 Å². The van der Waals surface area contributed by atoms with E-state index in [4.69, 9.17) is 23.2 Å². The normalized spacial score (nSPS) is 19.8. The highest BCUT2D eigenvalue weighted by Gasteiger charge is 2.27. The monoisotopic (exact) mass is 306 g/mol. The quantitative estimate of drug-likeness (QED) is 0.929. The van der Waals surface area contributed by atoms with Crippen LogP contribution in [0.3, 0.4) is 0 Å². The Balaban J connectivity index is 2.16. The van der Waals surface area contributed by atoms with E-state index in [1.165, 1.54) is 11.3 Å². The summed E-state index contributed by atoms with van der Waals surface area (Å²) < 4.78 is 1.04. The molecule has 0 spiro atoms. The molecule has 1 aliphatic heterocycles. The van der Waals surface area contributed by atoms with E-state index < -0.39 is 0 Å². The van der Waals surface area contributed by atoms with Gasteiger partial charge in [0.25, 0.3) is 5.91 Å². The van der Waals surface area contributed by atoms with E-state index in [0.717, 1.165) is 25.9 Å². The molecule has 1 aliphatic rings. The molecular weight excluding hydrogens is 291 g/mol. The summed E-state index contributed by atoms with van der Waals surface area (Å²) in [4.78, 5) is 14.4. The standard InChI is InChI=1S/C12H16Cl2N2OS/c1-2-16(8-4-3-5-15-7-8)12(17)9-6-10(13)18-11(9)14/h6,8,15H,2-5,7H2,1H3. The molecule has 1 aromatic rings.